The highest BCUT2D eigenvalue weighted by molar-refractivity contribution is 5.87. The Kier molecular flexibility index (Phi) is 6.85. The van der Waals surface area contributed by atoms with E-state index in [2.05, 4.69) is 0 Å². The molecule has 0 aromatic rings. The lowest BCUT2D eigenvalue weighted by Crippen LogP contribution is -2.61. The fourth-order valence-corrected chi connectivity index (χ4v) is 4.16. The highest BCUT2D eigenvalue weighted by Gasteiger charge is 2.52. The molecule has 156 valence electrons. The van der Waals surface area contributed by atoms with Crippen molar-refractivity contribution in [1.82, 2.24) is 0 Å². The van der Waals surface area contributed by atoms with Crippen molar-refractivity contribution in [2.75, 3.05) is 6.61 Å². The van der Waals surface area contributed by atoms with Gasteiger partial charge in [0.2, 0.25) is 0 Å². The lowest BCUT2D eigenvalue weighted by Gasteiger charge is -2.52. The molecule has 2 rings (SSSR count). The minimum atomic E-state index is -1.50. The minimum absolute atomic E-state index is 0.147. The van der Waals surface area contributed by atoms with E-state index < -0.39 is 48.3 Å². The number of aliphatic hydroxyl groups excluding tert-OH is 4. The van der Waals surface area contributed by atoms with Crippen LogP contribution in [-0.2, 0) is 14.3 Å². The molecule has 0 unspecified atom stereocenters. The lowest BCUT2D eigenvalue weighted by molar-refractivity contribution is -0.319. The quantitative estimate of drug-likeness (QED) is 0.398. The van der Waals surface area contributed by atoms with Crippen molar-refractivity contribution in [3.05, 3.63) is 12.2 Å². The van der Waals surface area contributed by atoms with Crippen LogP contribution in [0.3, 0.4) is 0 Å². The number of aliphatic hydroxyl groups is 5. The molecule has 8 nitrogen and oxygen atoms in total. The van der Waals surface area contributed by atoms with Gasteiger partial charge in [-0.25, -0.2) is 0 Å². The van der Waals surface area contributed by atoms with Gasteiger partial charge in [0.1, 0.15) is 24.4 Å². The number of hydrogen-bond acceptors (Lipinski definition) is 8. The first kappa shape index (κ1) is 22.4. The van der Waals surface area contributed by atoms with Gasteiger partial charge in [0.15, 0.2) is 12.1 Å². The fraction of sp³-hybridized carbons (Fsp3) is 0.842. The van der Waals surface area contributed by atoms with Crippen LogP contribution < -0.4 is 0 Å². The predicted octanol–water partition coefficient (Wildman–Crippen LogP) is -0.496. The van der Waals surface area contributed by atoms with Crippen molar-refractivity contribution in [2.24, 2.45) is 11.3 Å². The molecule has 0 bridgehead atoms. The van der Waals surface area contributed by atoms with Gasteiger partial charge >= 0.3 is 0 Å². The standard InChI is InChI=1S/C19H32O8/c1-10-7-12(8-18(3,4)19(10,25)6-5-11(2)21)26-17-16(24)15(23)14(22)13(9-20)27-17/h5-6,10,12-17,20,22-25H,7-9H2,1-4H3/b6-5+/t10-,12+,13-,14-,15+,16-,17-,19-/m1/s1. The SMILES string of the molecule is CC(=O)/C=C/[C@@]1(O)[C@H](C)C[C@H](O[C@@H]2O[C@H](CO)[C@@H](O)[C@H](O)[C@H]2O)CC1(C)C. The van der Waals surface area contributed by atoms with E-state index in [0.717, 1.165) is 0 Å². The maximum absolute atomic E-state index is 11.3. The highest BCUT2D eigenvalue weighted by Crippen LogP contribution is 2.49. The lowest BCUT2D eigenvalue weighted by atomic mass is 9.59. The molecule has 1 heterocycles. The topological polar surface area (TPSA) is 137 Å². The fourth-order valence-electron chi connectivity index (χ4n) is 4.16. The van der Waals surface area contributed by atoms with E-state index in [4.69, 9.17) is 9.47 Å². The third kappa shape index (κ3) is 4.42. The van der Waals surface area contributed by atoms with Gasteiger partial charge in [-0.3, -0.25) is 4.79 Å². The summed E-state index contributed by atoms with van der Waals surface area (Å²) in [5.74, 6) is -0.391. The summed E-state index contributed by atoms with van der Waals surface area (Å²) >= 11 is 0. The summed E-state index contributed by atoms with van der Waals surface area (Å²) in [6.07, 6.45) is -3.23. The van der Waals surface area contributed by atoms with Crippen molar-refractivity contribution in [2.45, 2.75) is 82.9 Å². The van der Waals surface area contributed by atoms with Crippen LogP contribution in [0.5, 0.6) is 0 Å². The number of allylic oxidation sites excluding steroid dienone is 1. The van der Waals surface area contributed by atoms with E-state index in [9.17, 15) is 30.3 Å². The Morgan fingerprint density at radius 1 is 1.22 bits per heavy atom. The molecule has 5 N–H and O–H groups in total. The van der Waals surface area contributed by atoms with Crippen LogP contribution in [0.1, 0.15) is 40.5 Å². The zero-order chi connectivity index (χ0) is 20.6. The second kappa shape index (κ2) is 8.24. The summed E-state index contributed by atoms with van der Waals surface area (Å²) in [6, 6.07) is 0. The molecule has 2 fully saturated rings. The molecule has 0 amide bonds. The Balaban J connectivity index is 2.13. The zero-order valence-electron chi connectivity index (χ0n) is 16.3. The van der Waals surface area contributed by atoms with Crippen LogP contribution in [0, 0.1) is 11.3 Å². The number of rotatable bonds is 5. The van der Waals surface area contributed by atoms with Gasteiger partial charge in [0, 0.05) is 0 Å². The molecular formula is C19H32O8. The van der Waals surface area contributed by atoms with Gasteiger partial charge in [0.25, 0.3) is 0 Å². The zero-order valence-corrected chi connectivity index (χ0v) is 16.3. The average molecular weight is 388 g/mol. The van der Waals surface area contributed by atoms with Crippen LogP contribution in [0.25, 0.3) is 0 Å². The Bertz CT molecular complexity index is 560. The first-order valence-corrected chi connectivity index (χ1v) is 9.31. The Morgan fingerprint density at radius 2 is 1.85 bits per heavy atom. The third-order valence-electron chi connectivity index (χ3n) is 5.94. The minimum Gasteiger partial charge on any atom is -0.394 e. The monoisotopic (exact) mass is 388 g/mol. The summed E-state index contributed by atoms with van der Waals surface area (Å²) in [6.45, 7) is 6.50. The van der Waals surface area contributed by atoms with E-state index in [1.807, 2.05) is 20.8 Å². The van der Waals surface area contributed by atoms with E-state index in [1.54, 1.807) is 6.08 Å². The molecule has 27 heavy (non-hydrogen) atoms. The Morgan fingerprint density at radius 3 is 2.37 bits per heavy atom. The number of carbonyl (C=O) groups is 1. The molecular weight excluding hydrogens is 356 g/mol. The van der Waals surface area contributed by atoms with E-state index in [1.165, 1.54) is 13.0 Å². The Hall–Kier alpha value is -0.870. The van der Waals surface area contributed by atoms with Gasteiger partial charge in [-0.1, -0.05) is 20.8 Å². The van der Waals surface area contributed by atoms with Crippen LogP contribution in [-0.4, -0.2) is 80.3 Å². The molecule has 8 atom stereocenters. The van der Waals surface area contributed by atoms with Gasteiger partial charge in [-0.05, 0) is 43.3 Å². The Labute approximate surface area is 159 Å². The molecule has 0 spiro atoms. The number of hydrogen-bond donors (Lipinski definition) is 5. The summed E-state index contributed by atoms with van der Waals surface area (Å²) in [4.78, 5) is 11.3. The largest absolute Gasteiger partial charge is 0.394 e. The van der Waals surface area contributed by atoms with Crippen molar-refractivity contribution < 1.29 is 39.8 Å². The third-order valence-corrected chi connectivity index (χ3v) is 5.94. The van der Waals surface area contributed by atoms with Gasteiger partial charge in [-0.15, -0.1) is 0 Å². The van der Waals surface area contributed by atoms with Gasteiger partial charge in [0.05, 0.1) is 18.3 Å². The van der Waals surface area contributed by atoms with E-state index in [0.29, 0.717) is 12.8 Å². The van der Waals surface area contributed by atoms with Crippen LogP contribution >= 0.6 is 0 Å². The molecule has 1 saturated carbocycles. The predicted molar refractivity (Wildman–Crippen MR) is 95.6 cm³/mol. The van der Waals surface area contributed by atoms with E-state index >= 15 is 0 Å². The second-order valence-electron chi connectivity index (χ2n) is 8.45. The maximum atomic E-state index is 11.3. The van der Waals surface area contributed by atoms with Crippen molar-refractivity contribution in [3.63, 3.8) is 0 Å². The second-order valence-corrected chi connectivity index (χ2v) is 8.45. The number of carbonyl (C=O) groups excluding carboxylic acids is 1. The normalized spacial score (nSPS) is 45.1. The molecule has 1 aliphatic heterocycles. The van der Waals surface area contributed by atoms with E-state index in [-0.39, 0.29) is 17.8 Å². The molecule has 8 heteroatoms. The summed E-state index contributed by atoms with van der Waals surface area (Å²) in [5.41, 5.74) is -1.83. The van der Waals surface area contributed by atoms with Gasteiger partial charge in [-0.2, -0.15) is 0 Å². The first-order valence-electron chi connectivity index (χ1n) is 9.31. The molecule has 0 radical (unpaired) electrons. The van der Waals surface area contributed by atoms with Crippen LogP contribution in [0.2, 0.25) is 0 Å². The van der Waals surface area contributed by atoms with Crippen molar-refractivity contribution in [1.29, 1.82) is 0 Å². The maximum Gasteiger partial charge on any atom is 0.186 e. The number of ketones is 1. The average Bonchev–Trinajstić information content (AvgIpc) is 2.58. The van der Waals surface area contributed by atoms with Gasteiger partial charge < -0.3 is 35.0 Å². The first-order chi connectivity index (χ1) is 12.4. The smallest absolute Gasteiger partial charge is 0.186 e. The van der Waals surface area contributed by atoms with Crippen molar-refractivity contribution in [3.8, 4) is 0 Å². The summed E-state index contributed by atoms with van der Waals surface area (Å²) < 4.78 is 11.3. The molecule has 0 aromatic heterocycles. The van der Waals surface area contributed by atoms with Crippen molar-refractivity contribution >= 4 is 5.78 Å². The molecule has 2 aliphatic rings. The molecule has 1 aliphatic carbocycles. The molecule has 1 saturated heterocycles. The summed E-state index contributed by atoms with van der Waals surface area (Å²) in [7, 11) is 0. The number of ether oxygens (including phenoxy) is 2. The van der Waals surface area contributed by atoms with Crippen LogP contribution in [0.15, 0.2) is 12.2 Å². The van der Waals surface area contributed by atoms with Crippen LogP contribution in [0.4, 0.5) is 0 Å². The highest BCUT2D eigenvalue weighted by atomic mass is 16.7. The molecule has 0 aromatic carbocycles. The summed E-state index contributed by atoms with van der Waals surface area (Å²) in [5, 5.41) is 50.4.